The lowest BCUT2D eigenvalue weighted by atomic mass is 9.74. The van der Waals surface area contributed by atoms with Gasteiger partial charge < -0.3 is 9.47 Å². The predicted molar refractivity (Wildman–Crippen MR) is 113 cm³/mol. The van der Waals surface area contributed by atoms with Crippen LogP contribution in [0.1, 0.15) is 24.0 Å². The second-order valence-corrected chi connectivity index (χ2v) is 7.51. The van der Waals surface area contributed by atoms with Gasteiger partial charge in [0.15, 0.2) is 5.60 Å². The molecule has 3 aliphatic heterocycles. The minimum Gasteiger partial charge on any atom is -0.364 e. The third-order valence-electron chi connectivity index (χ3n) is 6.19. The van der Waals surface area contributed by atoms with E-state index in [-0.39, 0.29) is 8.41 Å². The average Bonchev–Trinajstić information content (AvgIpc) is 2.77. The Morgan fingerprint density at radius 2 is 1.46 bits per heavy atom. The fraction of sp³-hybridized carbons (Fsp3) is 0.417. The molecule has 3 nitrogen and oxygen atoms in total. The first-order valence-corrected chi connectivity index (χ1v) is 9.70. The highest BCUT2D eigenvalue weighted by molar-refractivity contribution is 5.75. The maximum absolute atomic E-state index is 6.13. The van der Waals surface area contributed by atoms with Crippen LogP contribution >= 0.6 is 0 Å². The Morgan fingerprint density at radius 3 is 1.86 bits per heavy atom. The molecule has 4 heteroatoms. The SMILES string of the molecule is COC(C#C[C@@]1(OC)CN2CCC1CC2)(c1ccccc1)c1ccccc1.[B]. The number of hydrogen-bond acceptors (Lipinski definition) is 3. The van der Waals surface area contributed by atoms with Gasteiger partial charge in [-0.2, -0.15) is 0 Å². The van der Waals surface area contributed by atoms with Crippen LogP contribution in [-0.2, 0) is 15.1 Å². The third-order valence-corrected chi connectivity index (χ3v) is 6.19. The van der Waals surface area contributed by atoms with E-state index in [9.17, 15) is 0 Å². The molecule has 0 spiro atoms. The van der Waals surface area contributed by atoms with Crippen molar-refractivity contribution in [3.63, 3.8) is 0 Å². The number of methoxy groups -OCH3 is 2. The van der Waals surface area contributed by atoms with Crippen molar-refractivity contribution in [3.8, 4) is 11.8 Å². The fourth-order valence-electron chi connectivity index (χ4n) is 4.58. The second kappa shape index (κ2) is 8.53. The van der Waals surface area contributed by atoms with Crippen LogP contribution in [0.25, 0.3) is 0 Å². The first kappa shape index (κ1) is 20.7. The highest BCUT2D eigenvalue weighted by Gasteiger charge is 2.46. The highest BCUT2D eigenvalue weighted by atomic mass is 16.5. The number of benzene rings is 2. The van der Waals surface area contributed by atoms with Gasteiger partial charge in [-0.15, -0.1) is 0 Å². The molecule has 28 heavy (non-hydrogen) atoms. The molecule has 0 unspecified atom stereocenters. The predicted octanol–water partition coefficient (Wildman–Crippen LogP) is 3.31. The van der Waals surface area contributed by atoms with Crippen molar-refractivity contribution in [3.05, 3.63) is 71.8 Å². The van der Waals surface area contributed by atoms with E-state index < -0.39 is 11.2 Å². The van der Waals surface area contributed by atoms with Gasteiger partial charge in [-0.25, -0.2) is 0 Å². The van der Waals surface area contributed by atoms with Crippen molar-refractivity contribution in [1.82, 2.24) is 4.90 Å². The molecular weight excluding hydrogens is 345 g/mol. The summed E-state index contributed by atoms with van der Waals surface area (Å²) in [5, 5.41) is 0. The molecule has 0 amide bonds. The zero-order chi connectivity index (χ0) is 18.7. The summed E-state index contributed by atoms with van der Waals surface area (Å²) in [4.78, 5) is 2.47. The summed E-state index contributed by atoms with van der Waals surface area (Å²) < 4.78 is 12.2. The molecule has 3 fully saturated rings. The molecular formula is C24H27BNO2. The molecule has 0 aromatic heterocycles. The molecule has 0 saturated carbocycles. The number of nitrogens with zero attached hydrogens (tertiary/aromatic N) is 1. The summed E-state index contributed by atoms with van der Waals surface area (Å²) in [6, 6.07) is 20.5. The minimum absolute atomic E-state index is 0. The average molecular weight is 372 g/mol. The maximum Gasteiger partial charge on any atom is 0.179 e. The molecule has 3 radical (unpaired) electrons. The molecule has 0 N–H and O–H groups in total. The molecule has 2 aromatic carbocycles. The van der Waals surface area contributed by atoms with E-state index >= 15 is 0 Å². The van der Waals surface area contributed by atoms with Crippen LogP contribution < -0.4 is 0 Å². The molecule has 143 valence electrons. The quantitative estimate of drug-likeness (QED) is 0.607. The first-order chi connectivity index (χ1) is 13.2. The van der Waals surface area contributed by atoms with E-state index in [1.54, 1.807) is 14.2 Å². The zero-order valence-corrected chi connectivity index (χ0v) is 16.7. The van der Waals surface area contributed by atoms with Gasteiger partial charge in [0.25, 0.3) is 0 Å². The summed E-state index contributed by atoms with van der Waals surface area (Å²) in [6.45, 7) is 3.19. The van der Waals surface area contributed by atoms with Gasteiger partial charge in [-0.05, 0) is 25.9 Å². The van der Waals surface area contributed by atoms with Gasteiger partial charge in [-0.1, -0.05) is 72.5 Å². The molecule has 5 rings (SSSR count). The van der Waals surface area contributed by atoms with Crippen LogP contribution in [0, 0.1) is 17.8 Å². The van der Waals surface area contributed by atoms with Gasteiger partial charge in [0.2, 0.25) is 0 Å². The Morgan fingerprint density at radius 1 is 0.929 bits per heavy atom. The highest BCUT2D eigenvalue weighted by Crippen LogP contribution is 2.39. The molecule has 3 heterocycles. The number of fused-ring (bicyclic) bond motifs is 3. The molecule has 0 aliphatic carbocycles. The normalized spacial score (nSPS) is 26.1. The topological polar surface area (TPSA) is 21.7 Å². The summed E-state index contributed by atoms with van der Waals surface area (Å²) in [6.07, 6.45) is 2.30. The van der Waals surface area contributed by atoms with Crippen LogP contribution in [0.2, 0.25) is 0 Å². The van der Waals surface area contributed by atoms with Crippen molar-refractivity contribution < 1.29 is 9.47 Å². The van der Waals surface area contributed by atoms with Crippen molar-refractivity contribution in [2.45, 2.75) is 24.0 Å². The van der Waals surface area contributed by atoms with Crippen LogP contribution in [0.3, 0.4) is 0 Å². The van der Waals surface area contributed by atoms with Gasteiger partial charge >= 0.3 is 0 Å². The lowest BCUT2D eigenvalue weighted by molar-refractivity contribution is -0.0965. The van der Waals surface area contributed by atoms with Gasteiger partial charge in [0, 0.05) is 46.2 Å². The van der Waals surface area contributed by atoms with Crippen LogP contribution in [0.4, 0.5) is 0 Å². The van der Waals surface area contributed by atoms with E-state index in [1.165, 1.54) is 0 Å². The summed E-state index contributed by atoms with van der Waals surface area (Å²) >= 11 is 0. The molecule has 2 bridgehead atoms. The van der Waals surface area contributed by atoms with Crippen molar-refractivity contribution in [2.75, 3.05) is 33.9 Å². The van der Waals surface area contributed by atoms with Crippen molar-refractivity contribution >= 4 is 8.41 Å². The molecule has 3 saturated heterocycles. The Balaban J connectivity index is 0.00000225. The summed E-state index contributed by atoms with van der Waals surface area (Å²) in [7, 11) is 3.54. The summed E-state index contributed by atoms with van der Waals surface area (Å²) in [5.74, 6) is 7.59. The second-order valence-electron chi connectivity index (χ2n) is 7.51. The Labute approximate surface area is 170 Å². The van der Waals surface area contributed by atoms with Crippen LogP contribution in [-0.4, -0.2) is 52.8 Å². The van der Waals surface area contributed by atoms with Crippen molar-refractivity contribution in [1.29, 1.82) is 0 Å². The lowest BCUT2D eigenvalue weighted by Gasteiger charge is -2.50. The van der Waals surface area contributed by atoms with Gasteiger partial charge in [0.1, 0.15) is 5.60 Å². The summed E-state index contributed by atoms with van der Waals surface area (Å²) in [5.41, 5.74) is 0.863. The van der Waals surface area contributed by atoms with E-state index in [0.717, 1.165) is 43.6 Å². The monoisotopic (exact) mass is 372 g/mol. The largest absolute Gasteiger partial charge is 0.364 e. The Kier molecular flexibility index (Phi) is 6.30. The van der Waals surface area contributed by atoms with Crippen LogP contribution in [0.15, 0.2) is 60.7 Å². The zero-order valence-electron chi connectivity index (χ0n) is 16.7. The smallest absolute Gasteiger partial charge is 0.179 e. The number of rotatable bonds is 4. The van der Waals surface area contributed by atoms with Gasteiger partial charge in [-0.3, -0.25) is 4.90 Å². The van der Waals surface area contributed by atoms with E-state index in [4.69, 9.17) is 9.47 Å². The molecule has 2 aromatic rings. The van der Waals surface area contributed by atoms with E-state index in [1.807, 2.05) is 36.4 Å². The fourth-order valence-corrected chi connectivity index (χ4v) is 4.58. The third kappa shape index (κ3) is 3.51. The Hall–Kier alpha value is -2.06. The van der Waals surface area contributed by atoms with E-state index in [0.29, 0.717) is 5.92 Å². The molecule has 3 aliphatic rings. The number of hydrogen-bond donors (Lipinski definition) is 0. The van der Waals surface area contributed by atoms with E-state index in [2.05, 4.69) is 41.0 Å². The maximum atomic E-state index is 6.13. The lowest BCUT2D eigenvalue weighted by Crippen LogP contribution is -2.59. The standard InChI is InChI=1S/C24H27NO2.B/c1-26-23(19-25-17-13-20(23)14-18-25)15-16-24(27-2,21-9-5-3-6-10-21)22-11-7-4-8-12-22;/h3-12,20H,13-14,17-19H2,1-2H3;/t23-;/m1./s1. The first-order valence-electron chi connectivity index (χ1n) is 9.70. The minimum atomic E-state index is -0.805. The number of ether oxygens (including phenoxy) is 2. The van der Waals surface area contributed by atoms with Crippen LogP contribution in [0.5, 0.6) is 0 Å². The van der Waals surface area contributed by atoms with Crippen molar-refractivity contribution in [2.24, 2.45) is 5.92 Å². The van der Waals surface area contributed by atoms with Gasteiger partial charge in [0.05, 0.1) is 0 Å². The Bertz CT molecular complexity index is 782. The molecule has 1 atom stereocenters. The number of piperidine rings is 3.